The number of hydrogen-bond donors (Lipinski definition) is 2. The Morgan fingerprint density at radius 1 is 1.52 bits per heavy atom. The number of nitrogens with zero attached hydrogens (tertiary/aromatic N) is 2. The quantitative estimate of drug-likeness (QED) is 0.808. The first-order chi connectivity index (χ1) is 12.0. The molecular formula is C17H15N3O3S2. The summed E-state index contributed by atoms with van der Waals surface area (Å²) in [5.74, 6) is 0.660. The summed E-state index contributed by atoms with van der Waals surface area (Å²) >= 11 is 6.33. The van der Waals surface area contributed by atoms with E-state index in [2.05, 4.69) is 15.0 Å². The number of amides is 1. The zero-order valence-corrected chi connectivity index (χ0v) is 15.2. The van der Waals surface area contributed by atoms with Crippen LogP contribution in [0.5, 0.6) is 5.88 Å². The lowest BCUT2D eigenvalue weighted by molar-refractivity contribution is -0.115. The van der Waals surface area contributed by atoms with Crippen LogP contribution >= 0.6 is 23.6 Å². The summed E-state index contributed by atoms with van der Waals surface area (Å²) in [6.45, 7) is 3.74. The SMILES string of the molecule is CCOC1=CC(=NC(C)=O)N=c2ccc(=Cc3sc(=S)[nH]c3O)cc21. The number of rotatable bonds is 3. The Balaban J connectivity index is 2.15. The van der Waals surface area contributed by atoms with Gasteiger partial charge in [-0.2, -0.15) is 4.99 Å². The maximum Gasteiger partial charge on any atom is 0.244 e. The number of carbonyl (C=O) groups is 1. The predicted molar refractivity (Wildman–Crippen MR) is 99.7 cm³/mol. The van der Waals surface area contributed by atoms with Gasteiger partial charge in [0.25, 0.3) is 0 Å². The Morgan fingerprint density at radius 3 is 2.96 bits per heavy atom. The highest BCUT2D eigenvalue weighted by molar-refractivity contribution is 7.73. The van der Waals surface area contributed by atoms with Crippen molar-refractivity contribution in [1.82, 2.24) is 4.98 Å². The first-order valence-corrected chi connectivity index (χ1v) is 8.75. The number of aromatic nitrogens is 1. The van der Waals surface area contributed by atoms with Gasteiger partial charge in [-0.15, -0.1) is 11.3 Å². The van der Waals surface area contributed by atoms with E-state index in [0.717, 1.165) is 10.8 Å². The molecule has 0 unspecified atom stereocenters. The topological polar surface area (TPSA) is 87.0 Å². The summed E-state index contributed by atoms with van der Waals surface area (Å²) in [6.07, 6.45) is 3.48. The van der Waals surface area contributed by atoms with Crippen molar-refractivity contribution < 1.29 is 14.6 Å². The van der Waals surface area contributed by atoms with E-state index in [9.17, 15) is 9.90 Å². The Labute approximate surface area is 152 Å². The van der Waals surface area contributed by atoms with Gasteiger partial charge >= 0.3 is 0 Å². The van der Waals surface area contributed by atoms with Gasteiger partial charge in [0.15, 0.2) is 9.79 Å². The van der Waals surface area contributed by atoms with E-state index < -0.39 is 0 Å². The van der Waals surface area contributed by atoms with Crippen LogP contribution in [0.4, 0.5) is 0 Å². The van der Waals surface area contributed by atoms with Crippen molar-refractivity contribution in [2.45, 2.75) is 13.8 Å². The minimum Gasteiger partial charge on any atom is -0.494 e. The second-order valence-electron chi connectivity index (χ2n) is 5.19. The smallest absolute Gasteiger partial charge is 0.244 e. The Hall–Kier alpha value is -2.58. The van der Waals surface area contributed by atoms with Crippen LogP contribution < -0.4 is 10.6 Å². The molecule has 128 valence electrons. The first kappa shape index (κ1) is 17.2. The van der Waals surface area contributed by atoms with Crippen LogP contribution in [0.15, 0.2) is 34.3 Å². The molecule has 0 aliphatic carbocycles. The molecule has 2 heterocycles. The molecule has 1 aliphatic heterocycles. The number of fused-ring (bicyclic) bond motifs is 1. The van der Waals surface area contributed by atoms with Crippen molar-refractivity contribution in [3.05, 3.63) is 49.2 Å². The fourth-order valence-corrected chi connectivity index (χ4v) is 3.42. The van der Waals surface area contributed by atoms with Crippen LogP contribution in [0.3, 0.4) is 0 Å². The average molecular weight is 373 g/mol. The number of amidine groups is 1. The van der Waals surface area contributed by atoms with Crippen molar-refractivity contribution in [3.8, 4) is 5.88 Å². The highest BCUT2D eigenvalue weighted by Gasteiger charge is 2.13. The molecule has 8 heteroatoms. The van der Waals surface area contributed by atoms with Crippen molar-refractivity contribution in [2.24, 2.45) is 9.98 Å². The molecule has 0 saturated heterocycles. The van der Waals surface area contributed by atoms with Crippen molar-refractivity contribution in [1.29, 1.82) is 0 Å². The molecule has 1 aliphatic rings. The molecule has 0 bridgehead atoms. The molecule has 1 aromatic carbocycles. The number of benzene rings is 1. The van der Waals surface area contributed by atoms with Gasteiger partial charge < -0.3 is 14.8 Å². The minimum atomic E-state index is -0.316. The highest BCUT2D eigenvalue weighted by Crippen LogP contribution is 2.22. The number of H-pyrrole nitrogens is 1. The predicted octanol–water partition coefficient (Wildman–Crippen LogP) is 2.30. The normalized spacial score (nSPS) is 15.5. The van der Waals surface area contributed by atoms with E-state index >= 15 is 0 Å². The molecule has 0 saturated carbocycles. The fraction of sp³-hybridized carbons (Fsp3) is 0.176. The average Bonchev–Trinajstić information content (AvgIpc) is 2.85. The van der Waals surface area contributed by atoms with Gasteiger partial charge in [0, 0.05) is 18.6 Å². The van der Waals surface area contributed by atoms with E-state index in [0.29, 0.717) is 32.4 Å². The zero-order valence-electron chi connectivity index (χ0n) is 13.6. The summed E-state index contributed by atoms with van der Waals surface area (Å²) < 4.78 is 6.19. The molecule has 25 heavy (non-hydrogen) atoms. The van der Waals surface area contributed by atoms with E-state index in [1.165, 1.54) is 18.3 Å². The van der Waals surface area contributed by atoms with Gasteiger partial charge in [-0.05, 0) is 42.6 Å². The van der Waals surface area contributed by atoms with Crippen molar-refractivity contribution in [2.75, 3.05) is 6.61 Å². The van der Waals surface area contributed by atoms with Crippen molar-refractivity contribution in [3.63, 3.8) is 0 Å². The maximum atomic E-state index is 11.2. The van der Waals surface area contributed by atoms with Gasteiger partial charge in [0.1, 0.15) is 5.76 Å². The largest absolute Gasteiger partial charge is 0.494 e. The Kier molecular flexibility index (Phi) is 4.91. The van der Waals surface area contributed by atoms with E-state index in [4.69, 9.17) is 17.0 Å². The number of aliphatic imine (C=N–C) groups is 1. The first-order valence-electron chi connectivity index (χ1n) is 7.53. The molecule has 1 amide bonds. The summed E-state index contributed by atoms with van der Waals surface area (Å²) in [4.78, 5) is 22.8. The second-order valence-corrected chi connectivity index (χ2v) is 6.91. The molecule has 1 aromatic heterocycles. The van der Waals surface area contributed by atoms with Gasteiger partial charge in [-0.3, -0.25) is 4.79 Å². The summed E-state index contributed by atoms with van der Waals surface area (Å²) in [5.41, 5.74) is 0.803. The van der Waals surface area contributed by atoms with Gasteiger partial charge in [-0.25, -0.2) is 4.99 Å². The maximum absolute atomic E-state index is 11.2. The van der Waals surface area contributed by atoms with Crippen LogP contribution in [0, 0.1) is 3.95 Å². The van der Waals surface area contributed by atoms with Gasteiger partial charge in [-0.1, -0.05) is 6.07 Å². The number of nitrogens with one attached hydrogen (secondary N) is 1. The summed E-state index contributed by atoms with van der Waals surface area (Å²) in [7, 11) is 0. The van der Waals surface area contributed by atoms with Crippen LogP contribution in [0.25, 0.3) is 11.8 Å². The van der Waals surface area contributed by atoms with Crippen LogP contribution in [0.2, 0.25) is 0 Å². The lowest BCUT2D eigenvalue weighted by atomic mass is 10.1. The number of aromatic amines is 1. The Morgan fingerprint density at radius 2 is 2.32 bits per heavy atom. The fourth-order valence-electron chi connectivity index (χ4n) is 2.36. The minimum absolute atomic E-state index is 0.0499. The number of thiazole rings is 1. The number of ether oxygens (including phenoxy) is 1. The number of hydrogen-bond acceptors (Lipinski definition) is 5. The highest BCUT2D eigenvalue weighted by atomic mass is 32.1. The van der Waals surface area contributed by atoms with Crippen LogP contribution in [-0.4, -0.2) is 28.4 Å². The molecule has 6 nitrogen and oxygen atoms in total. The number of aromatic hydroxyl groups is 1. The lowest BCUT2D eigenvalue weighted by Crippen LogP contribution is -2.21. The third-order valence-electron chi connectivity index (χ3n) is 3.31. The molecule has 0 radical (unpaired) electrons. The Bertz CT molecular complexity index is 1080. The molecule has 3 rings (SSSR count). The molecule has 0 atom stereocenters. The monoisotopic (exact) mass is 373 g/mol. The number of carbonyl (C=O) groups excluding carboxylic acids is 1. The van der Waals surface area contributed by atoms with Gasteiger partial charge in [0.2, 0.25) is 11.8 Å². The summed E-state index contributed by atoms with van der Waals surface area (Å²) in [5, 5.41) is 11.4. The van der Waals surface area contributed by atoms with E-state index in [-0.39, 0.29) is 11.8 Å². The summed E-state index contributed by atoms with van der Waals surface area (Å²) in [6, 6.07) is 5.60. The molecular weight excluding hydrogens is 358 g/mol. The van der Waals surface area contributed by atoms with Crippen LogP contribution in [0.1, 0.15) is 24.3 Å². The third-order valence-corrected chi connectivity index (χ3v) is 4.48. The zero-order chi connectivity index (χ0) is 18.0. The van der Waals surface area contributed by atoms with Crippen molar-refractivity contribution >= 4 is 47.1 Å². The second kappa shape index (κ2) is 7.12. The molecule has 0 fully saturated rings. The molecule has 0 spiro atoms. The third kappa shape index (κ3) is 3.92. The van der Waals surface area contributed by atoms with Gasteiger partial charge in [0.05, 0.1) is 16.8 Å². The molecule has 2 aromatic rings. The van der Waals surface area contributed by atoms with Crippen LogP contribution in [-0.2, 0) is 9.53 Å². The molecule has 2 N–H and O–H groups in total. The standard InChI is InChI=1S/C17H15N3O3S2/c1-3-23-13-8-15(18-9(2)21)19-12-5-4-10(6-11(12)13)7-14-16(22)20-17(24)25-14/h4-8,22H,3H2,1-2H3,(H,20,24). The lowest BCUT2D eigenvalue weighted by Gasteiger charge is -2.13. The van der Waals surface area contributed by atoms with E-state index in [1.54, 1.807) is 6.08 Å². The van der Waals surface area contributed by atoms with E-state index in [1.807, 2.05) is 31.2 Å².